The topological polar surface area (TPSA) is 66.0 Å². The van der Waals surface area contributed by atoms with Crippen LogP contribution < -0.4 is 0 Å². The normalized spacial score (nSPS) is 10.5. The third-order valence-electron chi connectivity index (χ3n) is 2.26. The average molecular weight is 269 g/mol. The summed E-state index contributed by atoms with van der Waals surface area (Å²) >= 11 is 7.65. The molecule has 0 atom stereocenters. The van der Waals surface area contributed by atoms with Gasteiger partial charge in [-0.3, -0.25) is 5.10 Å². The van der Waals surface area contributed by atoms with E-state index in [1.165, 1.54) is 17.8 Å². The highest BCUT2D eigenvalue weighted by Gasteiger charge is 2.14. The fourth-order valence-corrected chi connectivity index (χ4v) is 2.44. The number of rotatable bonds is 3. The maximum absolute atomic E-state index is 10.8. The highest BCUT2D eigenvalue weighted by molar-refractivity contribution is 7.98. The van der Waals surface area contributed by atoms with Gasteiger partial charge in [0.2, 0.25) is 0 Å². The summed E-state index contributed by atoms with van der Waals surface area (Å²) in [6, 6.07) is 7.00. The minimum absolute atomic E-state index is 0.0481. The van der Waals surface area contributed by atoms with E-state index in [2.05, 4.69) is 10.2 Å². The van der Waals surface area contributed by atoms with Gasteiger partial charge < -0.3 is 5.11 Å². The largest absolute Gasteiger partial charge is 0.477 e. The number of aromatic nitrogens is 2. The van der Waals surface area contributed by atoms with Gasteiger partial charge in [0, 0.05) is 10.5 Å². The molecule has 4 nitrogen and oxygen atoms in total. The van der Waals surface area contributed by atoms with Crippen LogP contribution >= 0.6 is 23.4 Å². The Balaban J connectivity index is 2.55. The standard InChI is InChI=1S/C11H9ClN2O2S/c1-17-9-4-2-3-6(12)10(9)7-5-8(11(15)16)14-13-7/h2-5H,1H3,(H,13,14)(H,15,16). The van der Waals surface area contributed by atoms with Crippen LogP contribution in [0, 0.1) is 0 Å². The Morgan fingerprint density at radius 1 is 1.53 bits per heavy atom. The molecule has 2 N–H and O–H groups in total. The van der Waals surface area contributed by atoms with Crippen molar-refractivity contribution in [3.05, 3.63) is 35.0 Å². The van der Waals surface area contributed by atoms with Crippen molar-refractivity contribution in [1.29, 1.82) is 0 Å². The molecular weight excluding hydrogens is 260 g/mol. The summed E-state index contributed by atoms with van der Waals surface area (Å²) in [5.74, 6) is -1.04. The summed E-state index contributed by atoms with van der Waals surface area (Å²) in [7, 11) is 0. The van der Waals surface area contributed by atoms with Gasteiger partial charge in [-0.15, -0.1) is 11.8 Å². The van der Waals surface area contributed by atoms with Crippen LogP contribution in [0.4, 0.5) is 0 Å². The van der Waals surface area contributed by atoms with E-state index in [1.54, 1.807) is 6.07 Å². The summed E-state index contributed by atoms with van der Waals surface area (Å²) in [5.41, 5.74) is 1.34. The third kappa shape index (κ3) is 2.30. The van der Waals surface area contributed by atoms with Crippen LogP contribution in [0.3, 0.4) is 0 Å². The number of carboxylic acids is 1. The minimum atomic E-state index is -1.04. The Morgan fingerprint density at radius 2 is 2.29 bits per heavy atom. The van der Waals surface area contributed by atoms with Crippen LogP contribution in [-0.2, 0) is 0 Å². The van der Waals surface area contributed by atoms with Gasteiger partial charge >= 0.3 is 5.97 Å². The first-order valence-electron chi connectivity index (χ1n) is 4.75. The number of carbonyl (C=O) groups is 1. The molecule has 0 spiro atoms. The van der Waals surface area contributed by atoms with Gasteiger partial charge in [0.25, 0.3) is 0 Å². The lowest BCUT2D eigenvalue weighted by Crippen LogP contribution is -1.95. The van der Waals surface area contributed by atoms with E-state index < -0.39 is 5.97 Å². The van der Waals surface area contributed by atoms with Gasteiger partial charge in [-0.2, -0.15) is 5.10 Å². The predicted molar refractivity (Wildman–Crippen MR) is 67.8 cm³/mol. The van der Waals surface area contributed by atoms with Crippen LogP contribution in [0.15, 0.2) is 29.2 Å². The van der Waals surface area contributed by atoms with Crippen LogP contribution in [0.25, 0.3) is 11.3 Å². The Morgan fingerprint density at radius 3 is 2.88 bits per heavy atom. The average Bonchev–Trinajstić information content (AvgIpc) is 2.77. The summed E-state index contributed by atoms with van der Waals surface area (Å²) < 4.78 is 0. The molecule has 0 fully saturated rings. The third-order valence-corrected chi connectivity index (χ3v) is 3.35. The molecule has 0 saturated carbocycles. The molecule has 0 unspecified atom stereocenters. The monoisotopic (exact) mass is 268 g/mol. The SMILES string of the molecule is CSc1cccc(Cl)c1-c1cc(C(=O)O)[nH]n1. The van der Waals surface area contributed by atoms with Crippen molar-refractivity contribution in [2.75, 3.05) is 6.26 Å². The number of benzene rings is 1. The number of hydrogen-bond donors (Lipinski definition) is 2. The van der Waals surface area contributed by atoms with Crippen molar-refractivity contribution in [3.8, 4) is 11.3 Å². The zero-order valence-electron chi connectivity index (χ0n) is 8.90. The molecule has 88 valence electrons. The van der Waals surface area contributed by atoms with Crippen molar-refractivity contribution in [2.45, 2.75) is 4.90 Å². The van der Waals surface area contributed by atoms with Crippen LogP contribution in [0.1, 0.15) is 10.5 Å². The van der Waals surface area contributed by atoms with E-state index in [1.807, 2.05) is 18.4 Å². The zero-order chi connectivity index (χ0) is 12.4. The second-order valence-electron chi connectivity index (χ2n) is 3.29. The smallest absolute Gasteiger partial charge is 0.353 e. The summed E-state index contributed by atoms with van der Waals surface area (Å²) in [5, 5.41) is 15.8. The molecule has 2 rings (SSSR count). The van der Waals surface area contributed by atoms with Crippen molar-refractivity contribution in [2.24, 2.45) is 0 Å². The minimum Gasteiger partial charge on any atom is -0.477 e. The summed E-state index contributed by atoms with van der Waals surface area (Å²) in [6.07, 6.45) is 1.93. The fourth-order valence-electron chi connectivity index (χ4n) is 1.48. The number of nitrogens with one attached hydrogen (secondary N) is 1. The van der Waals surface area contributed by atoms with E-state index in [-0.39, 0.29) is 5.69 Å². The molecule has 0 amide bonds. The molecule has 0 aliphatic heterocycles. The molecule has 0 aliphatic carbocycles. The lowest BCUT2D eigenvalue weighted by molar-refractivity contribution is 0.0690. The molecule has 1 aromatic carbocycles. The number of aromatic carboxylic acids is 1. The molecule has 1 aromatic heterocycles. The number of carboxylic acid groups (broad SMARTS) is 1. The quantitative estimate of drug-likeness (QED) is 0.839. The molecule has 2 aromatic rings. The van der Waals surface area contributed by atoms with Crippen LogP contribution in [0.5, 0.6) is 0 Å². The van der Waals surface area contributed by atoms with E-state index in [0.29, 0.717) is 10.7 Å². The predicted octanol–water partition coefficient (Wildman–Crippen LogP) is 3.15. The maximum atomic E-state index is 10.8. The first-order valence-corrected chi connectivity index (χ1v) is 6.35. The first-order chi connectivity index (χ1) is 8.13. The van der Waals surface area contributed by atoms with E-state index in [4.69, 9.17) is 16.7 Å². The Bertz CT molecular complexity index is 568. The van der Waals surface area contributed by atoms with Crippen molar-refractivity contribution < 1.29 is 9.90 Å². The highest BCUT2D eigenvalue weighted by atomic mass is 35.5. The lowest BCUT2D eigenvalue weighted by atomic mass is 10.1. The fraction of sp³-hybridized carbons (Fsp3) is 0.0909. The number of aromatic amines is 1. The van der Waals surface area contributed by atoms with E-state index in [9.17, 15) is 4.79 Å². The van der Waals surface area contributed by atoms with Gasteiger partial charge in [-0.1, -0.05) is 17.7 Å². The zero-order valence-corrected chi connectivity index (χ0v) is 10.5. The molecule has 0 radical (unpaired) electrons. The summed E-state index contributed by atoms with van der Waals surface area (Å²) in [4.78, 5) is 11.7. The van der Waals surface area contributed by atoms with Crippen molar-refractivity contribution >= 4 is 29.3 Å². The van der Waals surface area contributed by atoms with E-state index in [0.717, 1.165) is 10.5 Å². The van der Waals surface area contributed by atoms with E-state index >= 15 is 0 Å². The number of halogens is 1. The van der Waals surface area contributed by atoms with Gasteiger partial charge in [0.05, 0.1) is 10.7 Å². The first kappa shape index (κ1) is 12.0. The molecule has 1 heterocycles. The molecule has 6 heteroatoms. The Kier molecular flexibility index (Phi) is 3.40. The second kappa shape index (κ2) is 4.81. The van der Waals surface area contributed by atoms with Gasteiger partial charge in [-0.25, -0.2) is 4.79 Å². The molecule has 0 bridgehead atoms. The molecule has 0 saturated heterocycles. The number of hydrogen-bond acceptors (Lipinski definition) is 3. The van der Waals surface area contributed by atoms with Crippen LogP contribution in [0.2, 0.25) is 5.02 Å². The molecule has 0 aliphatic rings. The summed E-state index contributed by atoms with van der Waals surface area (Å²) in [6.45, 7) is 0. The Labute approximate surface area is 107 Å². The van der Waals surface area contributed by atoms with Crippen LogP contribution in [-0.4, -0.2) is 27.5 Å². The maximum Gasteiger partial charge on any atom is 0.353 e. The number of thioether (sulfide) groups is 1. The van der Waals surface area contributed by atoms with Gasteiger partial charge in [0.1, 0.15) is 5.69 Å². The number of nitrogens with zero attached hydrogens (tertiary/aromatic N) is 1. The van der Waals surface area contributed by atoms with Crippen molar-refractivity contribution in [1.82, 2.24) is 10.2 Å². The van der Waals surface area contributed by atoms with Crippen molar-refractivity contribution in [3.63, 3.8) is 0 Å². The second-order valence-corrected chi connectivity index (χ2v) is 4.54. The molecule has 17 heavy (non-hydrogen) atoms. The number of H-pyrrole nitrogens is 1. The Hall–Kier alpha value is -1.46. The molecular formula is C11H9ClN2O2S. The highest BCUT2D eigenvalue weighted by Crippen LogP contribution is 2.35. The van der Waals surface area contributed by atoms with Gasteiger partial charge in [-0.05, 0) is 24.5 Å². The van der Waals surface area contributed by atoms with Gasteiger partial charge in [0.15, 0.2) is 0 Å². The lowest BCUT2D eigenvalue weighted by Gasteiger charge is -2.05.